The molecule has 0 heterocycles. The Morgan fingerprint density at radius 3 is 2.80 bits per heavy atom. The van der Waals surface area contributed by atoms with Crippen LogP contribution in [0.2, 0.25) is 0 Å². The van der Waals surface area contributed by atoms with Gasteiger partial charge in [-0.05, 0) is 37.5 Å². The van der Waals surface area contributed by atoms with Gasteiger partial charge in [-0.15, -0.1) is 11.6 Å². The molecule has 0 bridgehead atoms. The molecule has 1 aromatic carbocycles. The van der Waals surface area contributed by atoms with E-state index in [1.54, 1.807) is 29.8 Å². The summed E-state index contributed by atoms with van der Waals surface area (Å²) >= 11 is 5.61. The fourth-order valence-electron chi connectivity index (χ4n) is 1.51. The van der Waals surface area contributed by atoms with Crippen LogP contribution in [0.3, 0.4) is 0 Å². The lowest BCUT2D eigenvalue weighted by Crippen LogP contribution is -2.35. The highest BCUT2D eigenvalue weighted by Crippen LogP contribution is 2.13. The first-order valence-corrected chi connectivity index (χ1v) is 8.11. The number of carbonyl (C=O) groups is 1. The van der Waals surface area contributed by atoms with E-state index in [1.807, 2.05) is 6.07 Å². The number of rotatable bonds is 7. The van der Waals surface area contributed by atoms with Gasteiger partial charge in [0.15, 0.2) is 0 Å². The van der Waals surface area contributed by atoms with Crippen molar-refractivity contribution in [2.24, 2.45) is 0 Å². The van der Waals surface area contributed by atoms with Gasteiger partial charge < -0.3 is 4.74 Å². The second-order valence-electron chi connectivity index (χ2n) is 3.92. The van der Waals surface area contributed by atoms with Crippen molar-refractivity contribution in [3.05, 3.63) is 29.8 Å². The molecule has 0 saturated carbocycles. The number of hydrogen-bond donors (Lipinski definition) is 2. The molecule has 0 radical (unpaired) electrons. The zero-order valence-corrected chi connectivity index (χ0v) is 12.6. The largest absolute Gasteiger partial charge is 0.449 e. The Kier molecular flexibility index (Phi) is 6.60. The van der Waals surface area contributed by atoms with E-state index in [0.717, 1.165) is 18.4 Å². The van der Waals surface area contributed by atoms with Crippen molar-refractivity contribution < 1.29 is 17.9 Å². The van der Waals surface area contributed by atoms with E-state index in [0.29, 0.717) is 11.6 Å². The molecule has 6 nitrogen and oxygen atoms in total. The third-order valence-corrected chi connectivity index (χ3v) is 3.48. The smallest absolute Gasteiger partial charge is 0.422 e. The van der Waals surface area contributed by atoms with Crippen molar-refractivity contribution in [2.45, 2.75) is 19.8 Å². The maximum atomic E-state index is 11.7. The molecule has 0 unspecified atom stereocenters. The quantitative estimate of drug-likeness (QED) is 0.755. The van der Waals surface area contributed by atoms with Crippen LogP contribution in [0.1, 0.15) is 18.9 Å². The molecule has 1 amide bonds. The number of halogens is 1. The lowest BCUT2D eigenvalue weighted by atomic mass is 10.1. The molecule has 0 aromatic heterocycles. The predicted molar refractivity (Wildman–Crippen MR) is 78.2 cm³/mol. The van der Waals surface area contributed by atoms with Gasteiger partial charge in [0.2, 0.25) is 0 Å². The molecular formula is C12H17ClN2O4S. The van der Waals surface area contributed by atoms with E-state index < -0.39 is 16.3 Å². The van der Waals surface area contributed by atoms with Gasteiger partial charge in [-0.2, -0.15) is 8.42 Å². The summed E-state index contributed by atoms with van der Waals surface area (Å²) in [6, 6.07) is 6.89. The van der Waals surface area contributed by atoms with Crippen LogP contribution in [0.25, 0.3) is 0 Å². The Hall–Kier alpha value is -1.47. The summed E-state index contributed by atoms with van der Waals surface area (Å²) in [5.41, 5.74) is 1.33. The fraction of sp³-hybridized carbons (Fsp3) is 0.417. The van der Waals surface area contributed by atoms with E-state index in [-0.39, 0.29) is 6.61 Å². The second kappa shape index (κ2) is 7.96. The van der Waals surface area contributed by atoms with Crippen molar-refractivity contribution in [2.75, 3.05) is 17.2 Å². The summed E-state index contributed by atoms with van der Waals surface area (Å²) < 4.78 is 31.8. The molecular weight excluding hydrogens is 304 g/mol. The summed E-state index contributed by atoms with van der Waals surface area (Å²) in [4.78, 5) is 11.1. The molecule has 1 rings (SSSR count). The van der Waals surface area contributed by atoms with Crippen LogP contribution in [0.15, 0.2) is 24.3 Å². The van der Waals surface area contributed by atoms with Crippen molar-refractivity contribution in [1.29, 1.82) is 0 Å². The summed E-state index contributed by atoms with van der Waals surface area (Å²) in [7, 11) is -3.99. The molecule has 20 heavy (non-hydrogen) atoms. The Labute approximate surface area is 123 Å². The molecule has 0 fully saturated rings. The molecule has 0 spiro atoms. The lowest BCUT2D eigenvalue weighted by molar-refractivity contribution is 0.159. The Morgan fingerprint density at radius 2 is 2.15 bits per heavy atom. The van der Waals surface area contributed by atoms with Gasteiger partial charge in [0.1, 0.15) is 0 Å². The van der Waals surface area contributed by atoms with Crippen LogP contribution < -0.4 is 9.44 Å². The molecule has 0 aliphatic rings. The third-order valence-electron chi connectivity index (χ3n) is 2.27. The maximum absolute atomic E-state index is 11.7. The third kappa shape index (κ3) is 6.12. The van der Waals surface area contributed by atoms with Gasteiger partial charge >= 0.3 is 16.3 Å². The van der Waals surface area contributed by atoms with Crippen LogP contribution >= 0.6 is 11.6 Å². The summed E-state index contributed by atoms with van der Waals surface area (Å²) in [6.45, 7) is 1.68. The molecule has 8 heteroatoms. The molecule has 112 valence electrons. The first-order valence-electron chi connectivity index (χ1n) is 6.09. The monoisotopic (exact) mass is 320 g/mol. The topological polar surface area (TPSA) is 84.5 Å². The first kappa shape index (κ1) is 16.6. The SMILES string of the molecule is CCOC(=O)NS(=O)(=O)Nc1cccc(CCCCl)c1. The van der Waals surface area contributed by atoms with Gasteiger partial charge in [0.25, 0.3) is 0 Å². The number of aryl methyl sites for hydroxylation is 1. The van der Waals surface area contributed by atoms with Crippen LogP contribution in [-0.4, -0.2) is 27.0 Å². The first-order chi connectivity index (χ1) is 9.46. The molecule has 0 aliphatic heterocycles. The van der Waals surface area contributed by atoms with Gasteiger partial charge in [-0.3, -0.25) is 4.72 Å². The standard InChI is InChI=1S/C12H17ClN2O4S/c1-2-19-12(16)15-20(17,18)14-11-7-3-5-10(9-11)6-4-8-13/h3,5,7,9,14H,2,4,6,8H2,1H3,(H,15,16). The molecule has 0 saturated heterocycles. The van der Waals surface area contributed by atoms with Gasteiger partial charge in [-0.1, -0.05) is 12.1 Å². The zero-order chi connectivity index (χ0) is 15.0. The van der Waals surface area contributed by atoms with E-state index in [1.165, 1.54) is 0 Å². The average Bonchev–Trinajstić information content (AvgIpc) is 2.35. The molecule has 0 atom stereocenters. The van der Waals surface area contributed by atoms with Crippen LogP contribution in [0.4, 0.5) is 10.5 Å². The molecule has 2 N–H and O–H groups in total. The van der Waals surface area contributed by atoms with Crippen molar-refractivity contribution in [3.8, 4) is 0 Å². The van der Waals surface area contributed by atoms with E-state index >= 15 is 0 Å². The number of nitrogens with one attached hydrogen (secondary N) is 2. The number of alkyl halides is 1. The maximum Gasteiger partial charge on any atom is 0.422 e. The highest BCUT2D eigenvalue weighted by atomic mass is 35.5. The number of carbonyl (C=O) groups excluding carboxylic acids is 1. The Morgan fingerprint density at radius 1 is 1.40 bits per heavy atom. The lowest BCUT2D eigenvalue weighted by Gasteiger charge is -2.10. The van der Waals surface area contributed by atoms with Crippen LogP contribution in [0, 0.1) is 0 Å². The van der Waals surface area contributed by atoms with Crippen LogP contribution in [-0.2, 0) is 21.4 Å². The normalized spacial score (nSPS) is 10.9. The Bertz CT molecular complexity index is 548. The number of anilines is 1. The average molecular weight is 321 g/mol. The van der Waals surface area contributed by atoms with E-state index in [9.17, 15) is 13.2 Å². The summed E-state index contributed by atoms with van der Waals surface area (Å²) in [5.74, 6) is 0.542. The van der Waals surface area contributed by atoms with Gasteiger partial charge in [0.05, 0.1) is 12.3 Å². The second-order valence-corrected chi connectivity index (χ2v) is 5.71. The highest BCUT2D eigenvalue weighted by Gasteiger charge is 2.14. The van der Waals surface area contributed by atoms with Crippen molar-refractivity contribution >= 4 is 33.6 Å². The Balaban J connectivity index is 2.69. The predicted octanol–water partition coefficient (Wildman–Crippen LogP) is 2.26. The van der Waals surface area contributed by atoms with E-state index in [4.69, 9.17) is 11.6 Å². The minimum Gasteiger partial charge on any atom is -0.449 e. The number of hydrogen-bond acceptors (Lipinski definition) is 4. The molecule has 0 aliphatic carbocycles. The van der Waals surface area contributed by atoms with Crippen molar-refractivity contribution in [3.63, 3.8) is 0 Å². The van der Waals surface area contributed by atoms with Crippen molar-refractivity contribution in [1.82, 2.24) is 4.72 Å². The summed E-state index contributed by atoms with van der Waals surface area (Å²) in [5, 5.41) is 0. The minimum absolute atomic E-state index is 0.0925. The highest BCUT2D eigenvalue weighted by molar-refractivity contribution is 7.91. The van der Waals surface area contributed by atoms with E-state index in [2.05, 4.69) is 9.46 Å². The van der Waals surface area contributed by atoms with Crippen LogP contribution in [0.5, 0.6) is 0 Å². The van der Waals surface area contributed by atoms with Gasteiger partial charge in [0, 0.05) is 5.88 Å². The molecule has 1 aromatic rings. The fourth-order valence-corrected chi connectivity index (χ4v) is 2.41. The minimum atomic E-state index is -3.99. The summed E-state index contributed by atoms with van der Waals surface area (Å²) in [6.07, 6.45) is 0.543. The van der Waals surface area contributed by atoms with Gasteiger partial charge in [-0.25, -0.2) is 9.52 Å². The number of ether oxygens (including phenoxy) is 1. The zero-order valence-electron chi connectivity index (χ0n) is 11.1. The number of benzene rings is 1. The number of amides is 1.